The summed E-state index contributed by atoms with van der Waals surface area (Å²) < 4.78 is 46.8. The number of nitrogens with one attached hydrogen (secondary N) is 2. The maximum atomic E-state index is 14.8. The molecule has 4 N–H and O–H groups in total. The molecule has 1 atom stereocenters. The molecule has 0 radical (unpaired) electrons. The van der Waals surface area contributed by atoms with Gasteiger partial charge in [-0.05, 0) is 119 Å². The SMILES string of the molecule is COc1cc2nc(C)nc(N[C@H](C)c3cc(N)cc(C(F)(F)F)c3)c2cc1C1(C(=O)N(C)CC2CCC3(CCNCC3)CC2)CCCCC1. The van der Waals surface area contributed by atoms with E-state index in [4.69, 9.17) is 15.5 Å². The van der Waals surface area contributed by atoms with E-state index in [0.29, 0.717) is 58.0 Å². The average Bonchev–Trinajstić information content (AvgIpc) is 3.08. The molecule has 2 aromatic carbocycles. The number of alkyl halides is 3. The van der Waals surface area contributed by atoms with Crippen LogP contribution < -0.4 is 21.1 Å². The third-order valence-corrected chi connectivity index (χ3v) is 11.6. The van der Waals surface area contributed by atoms with Crippen molar-refractivity contribution < 1.29 is 22.7 Å². The molecular weight excluding hydrogens is 629 g/mol. The van der Waals surface area contributed by atoms with Gasteiger partial charge in [-0.3, -0.25) is 4.79 Å². The third kappa shape index (κ3) is 7.32. The van der Waals surface area contributed by atoms with Crippen molar-refractivity contribution in [2.75, 3.05) is 44.8 Å². The van der Waals surface area contributed by atoms with Crippen LogP contribution in [0.5, 0.6) is 5.75 Å². The molecule has 11 heteroatoms. The maximum Gasteiger partial charge on any atom is 0.416 e. The number of rotatable bonds is 8. The van der Waals surface area contributed by atoms with Gasteiger partial charge in [0.15, 0.2) is 0 Å². The molecule has 1 aliphatic heterocycles. The van der Waals surface area contributed by atoms with E-state index in [2.05, 4.69) is 15.6 Å². The lowest BCUT2D eigenvalue weighted by atomic mass is 9.65. The number of likely N-dealkylation sites (N-methyl/N-ethyl adjacent to an activating group) is 1. The lowest BCUT2D eigenvalue weighted by Crippen LogP contribution is -2.48. The molecule has 49 heavy (non-hydrogen) atoms. The highest BCUT2D eigenvalue weighted by Crippen LogP contribution is 2.48. The molecule has 1 spiro atoms. The number of nitrogen functional groups attached to an aromatic ring is 1. The van der Waals surface area contributed by atoms with E-state index in [0.717, 1.165) is 69.4 Å². The summed E-state index contributed by atoms with van der Waals surface area (Å²) >= 11 is 0. The van der Waals surface area contributed by atoms with Crippen LogP contribution in [0.4, 0.5) is 24.7 Å². The van der Waals surface area contributed by atoms with Gasteiger partial charge in [0.2, 0.25) is 5.91 Å². The minimum Gasteiger partial charge on any atom is -0.496 e. The summed E-state index contributed by atoms with van der Waals surface area (Å²) in [7, 11) is 3.59. The van der Waals surface area contributed by atoms with Crippen LogP contribution in [-0.4, -0.2) is 54.6 Å². The molecule has 1 saturated heterocycles. The van der Waals surface area contributed by atoms with E-state index < -0.39 is 23.2 Å². The second-order valence-electron chi connectivity index (χ2n) is 15.0. The van der Waals surface area contributed by atoms with Crippen LogP contribution in [0.2, 0.25) is 0 Å². The molecule has 3 aliphatic rings. The number of fused-ring (bicyclic) bond motifs is 1. The molecule has 6 rings (SSSR count). The third-order valence-electron chi connectivity index (χ3n) is 11.6. The molecule has 0 unspecified atom stereocenters. The zero-order valence-corrected chi connectivity index (χ0v) is 29.3. The summed E-state index contributed by atoms with van der Waals surface area (Å²) in [5.41, 5.74) is 6.68. The van der Waals surface area contributed by atoms with E-state index in [9.17, 15) is 18.0 Å². The van der Waals surface area contributed by atoms with Gasteiger partial charge in [-0.2, -0.15) is 13.2 Å². The first-order valence-corrected chi connectivity index (χ1v) is 17.9. The van der Waals surface area contributed by atoms with Crippen molar-refractivity contribution in [3.05, 3.63) is 52.8 Å². The first kappa shape index (κ1) is 35.2. The normalized spacial score (nSPS) is 20.2. The Morgan fingerprint density at radius 1 is 1.04 bits per heavy atom. The Kier molecular flexibility index (Phi) is 10.0. The van der Waals surface area contributed by atoms with E-state index in [-0.39, 0.29) is 11.6 Å². The summed E-state index contributed by atoms with van der Waals surface area (Å²) in [6.07, 6.45) is 7.16. The van der Waals surface area contributed by atoms with Crippen LogP contribution in [0, 0.1) is 18.3 Å². The highest BCUT2D eigenvalue weighted by atomic mass is 19.4. The monoisotopic (exact) mass is 680 g/mol. The van der Waals surface area contributed by atoms with Gasteiger partial charge < -0.3 is 26.0 Å². The topological polar surface area (TPSA) is 105 Å². The largest absolute Gasteiger partial charge is 0.496 e. The van der Waals surface area contributed by atoms with Gasteiger partial charge >= 0.3 is 6.18 Å². The quantitative estimate of drug-likeness (QED) is 0.208. The Labute approximate surface area is 287 Å². The number of benzene rings is 2. The number of aromatic nitrogens is 2. The second-order valence-corrected chi connectivity index (χ2v) is 15.0. The highest BCUT2D eigenvalue weighted by Gasteiger charge is 2.46. The van der Waals surface area contributed by atoms with Gasteiger partial charge in [0, 0.05) is 36.3 Å². The fourth-order valence-corrected chi connectivity index (χ4v) is 8.82. The average molecular weight is 681 g/mol. The number of nitrogens with zero attached hydrogens (tertiary/aromatic N) is 3. The summed E-state index contributed by atoms with van der Waals surface area (Å²) in [5, 5.41) is 7.54. The number of carbonyl (C=O) groups is 1. The molecule has 266 valence electrons. The lowest BCUT2D eigenvalue weighted by Gasteiger charge is -2.45. The van der Waals surface area contributed by atoms with Crippen molar-refractivity contribution >= 4 is 28.3 Å². The molecular formula is C38H51F3N6O2. The number of ether oxygens (including phenoxy) is 1. The molecule has 1 aromatic heterocycles. The van der Waals surface area contributed by atoms with Crippen molar-refractivity contribution in [1.29, 1.82) is 0 Å². The van der Waals surface area contributed by atoms with Crippen molar-refractivity contribution in [2.24, 2.45) is 11.3 Å². The van der Waals surface area contributed by atoms with Crippen molar-refractivity contribution in [2.45, 2.75) is 102 Å². The summed E-state index contributed by atoms with van der Waals surface area (Å²) in [6, 6.07) is 6.91. The van der Waals surface area contributed by atoms with Gasteiger partial charge in [-0.15, -0.1) is 0 Å². The highest BCUT2D eigenvalue weighted by molar-refractivity contribution is 5.95. The van der Waals surface area contributed by atoms with Gasteiger partial charge in [-0.1, -0.05) is 19.3 Å². The number of carbonyl (C=O) groups excluding carboxylic acids is 1. The predicted molar refractivity (Wildman–Crippen MR) is 188 cm³/mol. The molecule has 2 aliphatic carbocycles. The standard InChI is InChI=1S/C38H51F3N6O2/c1-24(27-18-28(38(39,40)41)20-29(42)19-27)44-34-30-21-31(33(49-4)22-32(30)45-25(2)46-34)37(10-6-5-7-11-37)35(48)47(3)23-26-8-12-36(13-9-26)14-16-43-17-15-36/h18-22,24,26,43H,5-17,23,42H2,1-4H3,(H,44,45,46)/t24-/m1/s1. The zero-order chi connectivity index (χ0) is 35.0. The summed E-state index contributed by atoms with van der Waals surface area (Å²) in [5.74, 6) is 2.22. The second kappa shape index (κ2) is 14.0. The Morgan fingerprint density at radius 3 is 2.39 bits per heavy atom. The van der Waals surface area contributed by atoms with Crippen LogP contribution in [0.3, 0.4) is 0 Å². The van der Waals surface area contributed by atoms with Crippen LogP contribution in [-0.2, 0) is 16.4 Å². The molecule has 3 aromatic rings. The molecule has 2 saturated carbocycles. The van der Waals surface area contributed by atoms with Gasteiger partial charge in [-0.25, -0.2) is 9.97 Å². The summed E-state index contributed by atoms with van der Waals surface area (Å²) in [4.78, 5) is 26.1. The Balaban J connectivity index is 1.32. The molecule has 0 bridgehead atoms. The number of hydrogen-bond donors (Lipinski definition) is 3. The Morgan fingerprint density at radius 2 is 1.73 bits per heavy atom. The van der Waals surface area contributed by atoms with Crippen molar-refractivity contribution in [3.8, 4) is 5.75 Å². The minimum atomic E-state index is -4.52. The van der Waals surface area contributed by atoms with Crippen LogP contribution in [0.25, 0.3) is 10.9 Å². The maximum absolute atomic E-state index is 14.8. The predicted octanol–water partition coefficient (Wildman–Crippen LogP) is 7.94. The number of halogens is 3. The molecule has 3 fully saturated rings. The zero-order valence-electron chi connectivity index (χ0n) is 29.3. The number of piperidine rings is 1. The number of amides is 1. The fraction of sp³-hybridized carbons (Fsp3) is 0.605. The van der Waals surface area contributed by atoms with Crippen molar-refractivity contribution in [1.82, 2.24) is 20.2 Å². The number of hydrogen-bond acceptors (Lipinski definition) is 7. The van der Waals surface area contributed by atoms with Crippen LogP contribution in [0.1, 0.15) is 106 Å². The number of anilines is 2. The minimum absolute atomic E-state index is 0.0371. The first-order chi connectivity index (χ1) is 23.3. The van der Waals surface area contributed by atoms with E-state index in [1.165, 1.54) is 25.7 Å². The Hall–Kier alpha value is -3.60. The van der Waals surface area contributed by atoms with E-state index in [1.807, 2.05) is 24.1 Å². The fourth-order valence-electron chi connectivity index (χ4n) is 8.82. The molecule has 2 heterocycles. The van der Waals surface area contributed by atoms with Crippen LogP contribution in [0.15, 0.2) is 30.3 Å². The van der Waals surface area contributed by atoms with Crippen molar-refractivity contribution in [3.63, 3.8) is 0 Å². The lowest BCUT2D eigenvalue weighted by molar-refractivity contribution is -0.139. The van der Waals surface area contributed by atoms with E-state index >= 15 is 0 Å². The smallest absolute Gasteiger partial charge is 0.416 e. The molecule has 8 nitrogen and oxygen atoms in total. The first-order valence-electron chi connectivity index (χ1n) is 17.9. The van der Waals surface area contributed by atoms with Gasteiger partial charge in [0.25, 0.3) is 0 Å². The number of aryl methyl sites for hydroxylation is 1. The Bertz CT molecular complexity index is 1660. The van der Waals surface area contributed by atoms with E-state index in [1.54, 1.807) is 27.0 Å². The number of nitrogens with two attached hydrogens (primary N) is 1. The van der Waals surface area contributed by atoms with Crippen LogP contribution >= 0.6 is 0 Å². The summed E-state index contributed by atoms with van der Waals surface area (Å²) in [6.45, 7) is 6.52. The van der Waals surface area contributed by atoms with Gasteiger partial charge in [0.1, 0.15) is 17.4 Å². The molecule has 1 amide bonds. The number of methoxy groups -OCH3 is 1. The van der Waals surface area contributed by atoms with Gasteiger partial charge in [0.05, 0.1) is 29.6 Å².